The SMILES string of the molecule is CC1(C)c2ccccc2-c2ccc(-n3c4ccc(-c5ccc(N(c6ccccc6)c6ccc(-c7ccccc7)cc6)cc5)cc4c4cc(-c5ccc(N(c6ccccc6)c6ccc(-c7ccccc7)cc6)cc5)ccc43)cc21. The van der Waals surface area contributed by atoms with Gasteiger partial charge in [-0.05, 0) is 176 Å². The van der Waals surface area contributed by atoms with Crippen LogP contribution >= 0.6 is 0 Å². The van der Waals surface area contributed by atoms with Crippen molar-refractivity contribution in [1.29, 1.82) is 0 Å². The maximum atomic E-state index is 2.48. The molecular weight excluding hydrogens is 943 g/mol. The first-order valence-corrected chi connectivity index (χ1v) is 27.0. The Hall–Kier alpha value is -9.96. The summed E-state index contributed by atoms with van der Waals surface area (Å²) in [4.78, 5) is 4.67. The van der Waals surface area contributed by atoms with E-state index in [0.717, 1.165) is 45.3 Å². The number of benzene rings is 12. The standard InChI is InChI=1S/C75H55N3/c1-75(2)71-26-16-15-25-67(71)68-46-45-66(51-72(68)75)78-73-47-35-58(56-31-41-64(42-32-56)76(60-21-11-5-12-22-60)62-37-27-54(28-38-62)52-17-7-3-8-18-52)49-69(73)70-50-59(36-48-74(70)78)57-33-43-65(44-34-57)77(61-23-13-6-14-24-61)63-39-29-55(30-40-63)53-19-9-4-10-20-53/h3-51H,1-2H3. The van der Waals surface area contributed by atoms with Gasteiger partial charge in [0.05, 0.1) is 11.0 Å². The molecule has 0 unspecified atom stereocenters. The zero-order chi connectivity index (χ0) is 52.2. The molecule has 0 spiro atoms. The van der Waals surface area contributed by atoms with E-state index >= 15 is 0 Å². The van der Waals surface area contributed by atoms with Crippen molar-refractivity contribution >= 4 is 55.9 Å². The molecule has 1 aliphatic rings. The highest BCUT2D eigenvalue weighted by molar-refractivity contribution is 6.12. The summed E-state index contributed by atoms with van der Waals surface area (Å²) in [6.45, 7) is 4.73. The van der Waals surface area contributed by atoms with Crippen molar-refractivity contribution < 1.29 is 0 Å². The lowest BCUT2D eigenvalue weighted by atomic mass is 9.82. The molecule has 3 nitrogen and oxygen atoms in total. The average molecular weight is 998 g/mol. The molecule has 3 heteroatoms. The third-order valence-corrected chi connectivity index (χ3v) is 16.0. The fourth-order valence-electron chi connectivity index (χ4n) is 12.0. The molecule has 13 aromatic rings. The summed E-state index contributed by atoms with van der Waals surface area (Å²) in [7, 11) is 0. The summed E-state index contributed by atoms with van der Waals surface area (Å²) < 4.78 is 2.48. The molecule has 370 valence electrons. The molecule has 78 heavy (non-hydrogen) atoms. The van der Waals surface area contributed by atoms with Gasteiger partial charge in [0.15, 0.2) is 0 Å². The largest absolute Gasteiger partial charge is 0.311 e. The highest BCUT2D eigenvalue weighted by atomic mass is 15.1. The summed E-state index contributed by atoms with van der Waals surface area (Å²) in [5, 5.41) is 2.43. The van der Waals surface area contributed by atoms with Gasteiger partial charge in [-0.1, -0.05) is 202 Å². The van der Waals surface area contributed by atoms with Crippen molar-refractivity contribution in [2.45, 2.75) is 19.3 Å². The van der Waals surface area contributed by atoms with Crippen molar-refractivity contribution in [2.75, 3.05) is 9.80 Å². The van der Waals surface area contributed by atoms with Crippen LogP contribution in [-0.2, 0) is 5.41 Å². The van der Waals surface area contributed by atoms with Crippen LogP contribution < -0.4 is 9.80 Å². The minimum absolute atomic E-state index is 0.122. The Morgan fingerprint density at radius 1 is 0.256 bits per heavy atom. The molecule has 0 N–H and O–H groups in total. The number of anilines is 6. The Bertz CT molecular complexity index is 4050. The molecule has 1 aliphatic carbocycles. The summed E-state index contributed by atoms with van der Waals surface area (Å²) in [5.74, 6) is 0. The van der Waals surface area contributed by atoms with Gasteiger partial charge in [0, 0.05) is 56.0 Å². The van der Waals surface area contributed by atoms with Crippen LogP contribution in [0.5, 0.6) is 0 Å². The zero-order valence-electron chi connectivity index (χ0n) is 43.6. The summed E-state index contributed by atoms with van der Waals surface area (Å²) in [6, 6.07) is 108. The third kappa shape index (κ3) is 8.25. The Labute approximate surface area is 456 Å². The van der Waals surface area contributed by atoms with Crippen LogP contribution in [0.2, 0.25) is 0 Å². The van der Waals surface area contributed by atoms with Gasteiger partial charge in [-0.25, -0.2) is 0 Å². The van der Waals surface area contributed by atoms with Crippen LogP contribution in [0, 0.1) is 0 Å². The monoisotopic (exact) mass is 997 g/mol. The Kier molecular flexibility index (Phi) is 11.5. The molecule has 0 saturated carbocycles. The maximum absolute atomic E-state index is 2.48. The van der Waals surface area contributed by atoms with Crippen LogP contribution in [0.3, 0.4) is 0 Å². The lowest BCUT2D eigenvalue weighted by molar-refractivity contribution is 0.660. The van der Waals surface area contributed by atoms with E-state index in [-0.39, 0.29) is 5.41 Å². The van der Waals surface area contributed by atoms with Crippen LogP contribution in [0.25, 0.3) is 83.1 Å². The van der Waals surface area contributed by atoms with E-state index in [2.05, 4.69) is 325 Å². The topological polar surface area (TPSA) is 11.4 Å². The lowest BCUT2D eigenvalue weighted by Gasteiger charge is -2.26. The van der Waals surface area contributed by atoms with E-state index in [1.54, 1.807) is 0 Å². The first kappa shape index (κ1) is 46.6. The Morgan fingerprint density at radius 3 is 1.00 bits per heavy atom. The molecule has 0 atom stereocenters. The summed E-state index contributed by atoms with van der Waals surface area (Å²) >= 11 is 0. The lowest BCUT2D eigenvalue weighted by Crippen LogP contribution is -2.15. The van der Waals surface area contributed by atoms with Crippen molar-refractivity contribution in [3.05, 3.63) is 308 Å². The van der Waals surface area contributed by atoms with Gasteiger partial charge >= 0.3 is 0 Å². The van der Waals surface area contributed by atoms with E-state index in [1.807, 2.05) is 0 Å². The smallest absolute Gasteiger partial charge is 0.0541 e. The number of rotatable bonds is 11. The minimum atomic E-state index is -0.122. The fraction of sp³-hybridized carbons (Fsp3) is 0.0400. The first-order chi connectivity index (χ1) is 38.4. The van der Waals surface area contributed by atoms with Gasteiger partial charge in [-0.3, -0.25) is 0 Å². The molecule has 1 aromatic heterocycles. The number of fused-ring (bicyclic) bond motifs is 6. The van der Waals surface area contributed by atoms with E-state index in [4.69, 9.17) is 0 Å². The van der Waals surface area contributed by atoms with Gasteiger partial charge in [0.1, 0.15) is 0 Å². The van der Waals surface area contributed by atoms with Gasteiger partial charge in [0.25, 0.3) is 0 Å². The normalized spacial score (nSPS) is 12.3. The quantitative estimate of drug-likeness (QED) is 0.128. The van der Waals surface area contributed by atoms with Crippen molar-refractivity contribution in [2.24, 2.45) is 0 Å². The Balaban J connectivity index is 0.855. The van der Waals surface area contributed by atoms with Gasteiger partial charge in [-0.2, -0.15) is 0 Å². The molecule has 14 rings (SSSR count). The zero-order valence-corrected chi connectivity index (χ0v) is 43.6. The highest BCUT2D eigenvalue weighted by Crippen LogP contribution is 2.50. The van der Waals surface area contributed by atoms with Crippen LogP contribution in [0.15, 0.2) is 297 Å². The second kappa shape index (κ2) is 19.3. The van der Waals surface area contributed by atoms with E-state index in [0.29, 0.717) is 0 Å². The van der Waals surface area contributed by atoms with Crippen molar-refractivity contribution in [3.63, 3.8) is 0 Å². The maximum Gasteiger partial charge on any atom is 0.0541 e. The van der Waals surface area contributed by atoms with Crippen LogP contribution in [-0.4, -0.2) is 4.57 Å². The molecule has 0 amide bonds. The van der Waals surface area contributed by atoms with Crippen LogP contribution in [0.1, 0.15) is 25.0 Å². The number of aromatic nitrogens is 1. The van der Waals surface area contributed by atoms with E-state index in [9.17, 15) is 0 Å². The Morgan fingerprint density at radius 2 is 0.577 bits per heavy atom. The second-order valence-corrected chi connectivity index (χ2v) is 21.0. The van der Waals surface area contributed by atoms with Gasteiger partial charge in [-0.15, -0.1) is 0 Å². The van der Waals surface area contributed by atoms with Crippen molar-refractivity contribution in [1.82, 2.24) is 4.57 Å². The minimum Gasteiger partial charge on any atom is -0.311 e. The summed E-state index contributed by atoms with van der Waals surface area (Å²) in [5.41, 5.74) is 24.9. The predicted molar refractivity (Wildman–Crippen MR) is 329 cm³/mol. The number of para-hydroxylation sites is 2. The van der Waals surface area contributed by atoms with Gasteiger partial charge in [0.2, 0.25) is 0 Å². The molecular formula is C75H55N3. The average Bonchev–Trinajstić information content (AvgIpc) is 4.01. The number of nitrogens with zero attached hydrogens (tertiary/aromatic N) is 3. The summed E-state index contributed by atoms with van der Waals surface area (Å²) in [6.07, 6.45) is 0. The first-order valence-electron chi connectivity index (χ1n) is 27.0. The highest BCUT2D eigenvalue weighted by Gasteiger charge is 2.35. The fourth-order valence-corrected chi connectivity index (χ4v) is 12.0. The molecule has 1 heterocycles. The molecule has 0 bridgehead atoms. The third-order valence-electron chi connectivity index (χ3n) is 16.0. The molecule has 12 aromatic carbocycles. The van der Waals surface area contributed by atoms with Gasteiger partial charge < -0.3 is 14.4 Å². The number of hydrogen-bond donors (Lipinski definition) is 0. The van der Waals surface area contributed by atoms with E-state index < -0.39 is 0 Å². The number of hydrogen-bond acceptors (Lipinski definition) is 2. The second-order valence-electron chi connectivity index (χ2n) is 21.0. The molecule has 0 fully saturated rings. The van der Waals surface area contributed by atoms with Crippen LogP contribution in [0.4, 0.5) is 34.1 Å². The molecule has 0 aliphatic heterocycles. The molecule has 0 radical (unpaired) electrons. The molecule has 0 saturated heterocycles. The predicted octanol–water partition coefficient (Wildman–Crippen LogP) is 20.7. The van der Waals surface area contributed by atoms with Crippen molar-refractivity contribution in [3.8, 4) is 61.3 Å². The van der Waals surface area contributed by atoms with E-state index in [1.165, 1.54) is 83.1 Å².